The van der Waals surface area contributed by atoms with Gasteiger partial charge in [-0.3, -0.25) is 4.99 Å². The number of urea groups is 1. The monoisotopic (exact) mass is 424 g/mol. The van der Waals surface area contributed by atoms with Crippen LogP contribution in [-0.4, -0.2) is 30.5 Å². The second-order valence-corrected chi connectivity index (χ2v) is 8.53. The van der Waals surface area contributed by atoms with Gasteiger partial charge in [0.15, 0.2) is 0 Å². The third-order valence-corrected chi connectivity index (χ3v) is 6.25. The molecule has 2 N–H and O–H groups in total. The molecular weight excluding hydrogens is 396 g/mol. The largest absolute Gasteiger partial charge is 0.364 e. The number of hydrogen-bond donors (Lipinski definition) is 2. The number of aryl methyl sites for hydroxylation is 1. The van der Waals surface area contributed by atoms with Gasteiger partial charge in [0.25, 0.3) is 0 Å². The molecule has 0 saturated carbocycles. The van der Waals surface area contributed by atoms with E-state index in [1.54, 1.807) is 0 Å². The summed E-state index contributed by atoms with van der Waals surface area (Å²) in [4.78, 5) is 20.6. The van der Waals surface area contributed by atoms with Crippen molar-refractivity contribution >= 4 is 23.1 Å². The number of fused-ring (bicyclic) bond motifs is 3. The van der Waals surface area contributed by atoms with Crippen molar-refractivity contribution in [2.45, 2.75) is 38.4 Å². The van der Waals surface area contributed by atoms with Crippen molar-refractivity contribution in [3.63, 3.8) is 0 Å². The van der Waals surface area contributed by atoms with E-state index in [1.165, 1.54) is 5.69 Å². The summed E-state index contributed by atoms with van der Waals surface area (Å²) >= 11 is 0. The lowest BCUT2D eigenvalue weighted by Gasteiger charge is -2.39. The molecule has 5 rings (SSSR count). The minimum Gasteiger partial charge on any atom is -0.364 e. The summed E-state index contributed by atoms with van der Waals surface area (Å²) in [7, 11) is 0. The molecule has 0 aliphatic carbocycles. The van der Waals surface area contributed by atoms with Crippen molar-refractivity contribution in [3.05, 3.63) is 95.6 Å². The molecule has 162 valence electrons. The molecule has 0 bridgehead atoms. The Morgan fingerprint density at radius 2 is 1.78 bits per heavy atom. The van der Waals surface area contributed by atoms with Crippen LogP contribution in [0.25, 0.3) is 0 Å². The van der Waals surface area contributed by atoms with Crippen molar-refractivity contribution in [2.24, 2.45) is 4.99 Å². The van der Waals surface area contributed by atoms with Gasteiger partial charge in [-0.15, -0.1) is 0 Å². The first kappa shape index (κ1) is 20.3. The highest BCUT2D eigenvalue weighted by atomic mass is 16.2. The zero-order valence-electron chi connectivity index (χ0n) is 18.3. The molecule has 0 radical (unpaired) electrons. The van der Waals surface area contributed by atoms with Gasteiger partial charge in [-0.2, -0.15) is 0 Å². The van der Waals surface area contributed by atoms with Crippen LogP contribution in [0.15, 0.2) is 83.9 Å². The molecule has 5 nitrogen and oxygen atoms in total. The van der Waals surface area contributed by atoms with Gasteiger partial charge in [-0.1, -0.05) is 60.7 Å². The van der Waals surface area contributed by atoms with Crippen LogP contribution < -0.4 is 15.5 Å². The van der Waals surface area contributed by atoms with E-state index in [9.17, 15) is 4.79 Å². The molecule has 1 fully saturated rings. The van der Waals surface area contributed by atoms with E-state index in [-0.39, 0.29) is 18.2 Å². The molecule has 2 atom stereocenters. The number of anilines is 2. The molecule has 2 aliphatic heterocycles. The number of aliphatic imine (C=N–C) groups is 1. The molecule has 3 aromatic carbocycles. The van der Waals surface area contributed by atoms with E-state index in [0.717, 1.165) is 53.9 Å². The summed E-state index contributed by atoms with van der Waals surface area (Å²) in [6.45, 7) is 2.99. The second kappa shape index (κ2) is 8.87. The quantitative estimate of drug-likeness (QED) is 0.595. The first-order valence-corrected chi connectivity index (χ1v) is 11.3. The van der Waals surface area contributed by atoms with E-state index in [0.29, 0.717) is 0 Å². The van der Waals surface area contributed by atoms with Crippen molar-refractivity contribution in [1.29, 1.82) is 0 Å². The molecule has 0 spiro atoms. The number of amides is 2. The minimum atomic E-state index is -0.345. The topological polar surface area (TPSA) is 56.7 Å². The Hall–Kier alpha value is -3.60. The maximum atomic E-state index is 13.0. The van der Waals surface area contributed by atoms with Gasteiger partial charge in [0.1, 0.15) is 6.17 Å². The summed E-state index contributed by atoms with van der Waals surface area (Å²) in [5.74, 6) is 0. The van der Waals surface area contributed by atoms with Crippen molar-refractivity contribution in [2.75, 3.05) is 16.8 Å². The van der Waals surface area contributed by atoms with Gasteiger partial charge in [0, 0.05) is 29.0 Å². The number of benzene rings is 3. The summed E-state index contributed by atoms with van der Waals surface area (Å²) in [6, 6.07) is 26.5. The van der Waals surface area contributed by atoms with Gasteiger partial charge in [-0.05, 0) is 49.9 Å². The smallest absolute Gasteiger partial charge is 0.320 e. The Morgan fingerprint density at radius 1 is 0.969 bits per heavy atom. The first-order valence-electron chi connectivity index (χ1n) is 11.3. The van der Waals surface area contributed by atoms with E-state index in [1.807, 2.05) is 49.4 Å². The summed E-state index contributed by atoms with van der Waals surface area (Å²) in [6.07, 6.45) is 2.93. The fourth-order valence-electron chi connectivity index (χ4n) is 4.78. The average Bonchev–Trinajstić information content (AvgIpc) is 2.95. The first-order chi connectivity index (χ1) is 15.7. The van der Waals surface area contributed by atoms with Crippen LogP contribution in [0.3, 0.4) is 0 Å². The molecule has 32 heavy (non-hydrogen) atoms. The van der Waals surface area contributed by atoms with Crippen LogP contribution in [0.2, 0.25) is 0 Å². The zero-order chi connectivity index (χ0) is 21.9. The lowest BCUT2D eigenvalue weighted by Crippen LogP contribution is -2.53. The normalized spacial score (nSPS) is 19.8. The van der Waals surface area contributed by atoms with Gasteiger partial charge < -0.3 is 15.5 Å². The fourth-order valence-corrected chi connectivity index (χ4v) is 4.78. The number of nitrogens with zero attached hydrogens (tertiary/aromatic N) is 2. The van der Waals surface area contributed by atoms with Gasteiger partial charge in [0.05, 0.1) is 11.8 Å². The third kappa shape index (κ3) is 4.11. The van der Waals surface area contributed by atoms with Gasteiger partial charge >= 0.3 is 6.03 Å². The van der Waals surface area contributed by atoms with Crippen molar-refractivity contribution < 1.29 is 4.79 Å². The zero-order valence-corrected chi connectivity index (χ0v) is 18.3. The number of rotatable bonds is 3. The molecule has 2 amide bonds. The maximum absolute atomic E-state index is 13.0. The van der Waals surface area contributed by atoms with Crippen LogP contribution in [0.4, 0.5) is 16.2 Å². The van der Waals surface area contributed by atoms with Crippen molar-refractivity contribution in [3.8, 4) is 0 Å². The Bertz CT molecular complexity index is 1140. The van der Waals surface area contributed by atoms with Crippen LogP contribution in [0.1, 0.15) is 36.0 Å². The summed E-state index contributed by atoms with van der Waals surface area (Å²) < 4.78 is 0. The lowest BCUT2D eigenvalue weighted by atomic mass is 9.97. The minimum absolute atomic E-state index is 0.120. The number of hydrogen-bond acceptors (Lipinski definition) is 3. The average molecular weight is 425 g/mol. The van der Waals surface area contributed by atoms with Crippen molar-refractivity contribution in [1.82, 2.24) is 5.32 Å². The summed E-state index contributed by atoms with van der Waals surface area (Å²) in [5.41, 5.74) is 6.20. The molecule has 2 unspecified atom stereocenters. The molecule has 3 aromatic rings. The second-order valence-electron chi connectivity index (χ2n) is 8.53. The Kier molecular flexibility index (Phi) is 5.63. The van der Waals surface area contributed by atoms with Gasteiger partial charge in [0.2, 0.25) is 0 Å². The highest BCUT2D eigenvalue weighted by Crippen LogP contribution is 2.34. The number of piperidine rings is 1. The van der Waals surface area contributed by atoms with Crippen LogP contribution >= 0.6 is 0 Å². The number of para-hydroxylation sites is 1. The maximum Gasteiger partial charge on any atom is 0.320 e. The molecule has 1 saturated heterocycles. The Balaban J connectivity index is 1.52. The Labute approximate surface area is 189 Å². The predicted molar refractivity (Wildman–Crippen MR) is 131 cm³/mol. The van der Waals surface area contributed by atoms with Crippen LogP contribution in [0.5, 0.6) is 0 Å². The van der Waals surface area contributed by atoms with E-state index in [2.05, 4.69) is 51.9 Å². The number of carbonyl (C=O) groups is 1. The van der Waals surface area contributed by atoms with E-state index < -0.39 is 0 Å². The third-order valence-electron chi connectivity index (χ3n) is 6.25. The fraction of sp³-hybridized carbons (Fsp3) is 0.259. The molecule has 0 aromatic heterocycles. The molecule has 2 aliphatic rings. The number of carbonyl (C=O) groups excluding carboxylic acids is 1. The SMILES string of the molecule is Cc1cccc(NC(=O)NC2N=C(c3ccccc3)c3ccccc3N3CCCCC23)c1. The van der Waals surface area contributed by atoms with Crippen LogP contribution in [-0.2, 0) is 0 Å². The molecule has 2 heterocycles. The van der Waals surface area contributed by atoms with E-state index in [4.69, 9.17) is 4.99 Å². The standard InChI is InChI=1S/C27H28N4O/c1-19-10-9-13-21(18-19)28-27(32)30-26-24-16-7-8-17-31(24)23-15-6-5-14-22(23)25(29-26)20-11-3-2-4-12-20/h2-6,9-15,18,24,26H,7-8,16-17H2,1H3,(H2,28,30,32). The molecular formula is C27H28N4O. The summed E-state index contributed by atoms with van der Waals surface area (Å²) in [5, 5.41) is 6.17. The number of nitrogens with one attached hydrogen (secondary N) is 2. The predicted octanol–water partition coefficient (Wildman–Crippen LogP) is 5.35. The Morgan fingerprint density at radius 3 is 2.62 bits per heavy atom. The van der Waals surface area contributed by atoms with Crippen LogP contribution in [0, 0.1) is 6.92 Å². The highest BCUT2D eigenvalue weighted by molar-refractivity contribution is 6.16. The lowest BCUT2D eigenvalue weighted by molar-refractivity contribution is 0.244. The molecule has 5 heteroatoms. The highest BCUT2D eigenvalue weighted by Gasteiger charge is 2.35. The van der Waals surface area contributed by atoms with E-state index >= 15 is 0 Å². The van der Waals surface area contributed by atoms with Gasteiger partial charge in [-0.25, -0.2) is 4.79 Å².